The predicted octanol–water partition coefficient (Wildman–Crippen LogP) is 0.814. The van der Waals surface area contributed by atoms with Gasteiger partial charge < -0.3 is 15.2 Å². The molecule has 5 heteroatoms. The standard InChI is InChI=1S/C16H24N2O3/c1-2-3-4-5-6-7-10-17-15(19)13-18-11-8-9-14(12-18)16(20)21/h8-9,11-12H,2-7,10,13H2,1H3,(H-,17,19,20,21). The van der Waals surface area contributed by atoms with E-state index in [0.29, 0.717) is 6.54 Å². The maximum atomic E-state index is 11.7. The van der Waals surface area contributed by atoms with Crippen molar-refractivity contribution in [3.05, 3.63) is 30.1 Å². The van der Waals surface area contributed by atoms with E-state index in [1.54, 1.807) is 16.8 Å². The molecule has 0 fully saturated rings. The van der Waals surface area contributed by atoms with E-state index in [1.807, 2.05) is 0 Å². The summed E-state index contributed by atoms with van der Waals surface area (Å²) in [5.41, 5.74) is 0.0706. The van der Waals surface area contributed by atoms with Crippen LogP contribution >= 0.6 is 0 Å². The third-order valence-electron chi connectivity index (χ3n) is 3.27. The molecule has 1 aromatic rings. The van der Waals surface area contributed by atoms with Gasteiger partial charge in [0.1, 0.15) is 0 Å². The average molecular weight is 292 g/mol. The smallest absolute Gasteiger partial charge is 0.285 e. The number of hydrogen-bond acceptors (Lipinski definition) is 3. The van der Waals surface area contributed by atoms with E-state index >= 15 is 0 Å². The first-order valence-electron chi connectivity index (χ1n) is 7.60. The monoisotopic (exact) mass is 292 g/mol. The van der Waals surface area contributed by atoms with Crippen molar-refractivity contribution in [2.75, 3.05) is 6.54 Å². The Morgan fingerprint density at radius 1 is 1.19 bits per heavy atom. The van der Waals surface area contributed by atoms with Crippen molar-refractivity contribution >= 4 is 11.9 Å². The number of carbonyl (C=O) groups excluding carboxylic acids is 2. The molecule has 0 aliphatic rings. The summed E-state index contributed by atoms with van der Waals surface area (Å²) in [6, 6.07) is 3.03. The highest BCUT2D eigenvalue weighted by atomic mass is 16.4. The summed E-state index contributed by atoms with van der Waals surface area (Å²) in [4.78, 5) is 22.5. The van der Waals surface area contributed by atoms with Crippen molar-refractivity contribution in [3.63, 3.8) is 0 Å². The van der Waals surface area contributed by atoms with Crippen molar-refractivity contribution in [2.24, 2.45) is 0 Å². The molecule has 1 N–H and O–H groups in total. The maximum Gasteiger partial charge on any atom is 0.285 e. The van der Waals surface area contributed by atoms with Crippen LogP contribution in [-0.2, 0) is 11.3 Å². The number of nitrogens with one attached hydrogen (secondary N) is 1. The van der Waals surface area contributed by atoms with Crippen molar-refractivity contribution in [2.45, 2.75) is 52.0 Å². The molecule has 1 rings (SSSR count). The van der Waals surface area contributed by atoms with Gasteiger partial charge in [0, 0.05) is 12.6 Å². The second-order valence-electron chi connectivity index (χ2n) is 5.17. The van der Waals surface area contributed by atoms with Crippen LogP contribution in [0.25, 0.3) is 0 Å². The number of carboxylic acid groups (broad SMARTS) is 1. The number of aromatic carboxylic acids is 1. The summed E-state index contributed by atoms with van der Waals surface area (Å²) in [5, 5.41) is 13.6. The van der Waals surface area contributed by atoms with Gasteiger partial charge in [-0.15, -0.1) is 0 Å². The fourth-order valence-electron chi connectivity index (χ4n) is 2.10. The predicted molar refractivity (Wildman–Crippen MR) is 77.4 cm³/mol. The summed E-state index contributed by atoms with van der Waals surface area (Å²) in [6.45, 7) is 2.98. The molecule has 0 saturated heterocycles. The van der Waals surface area contributed by atoms with Crippen LogP contribution in [-0.4, -0.2) is 18.4 Å². The van der Waals surface area contributed by atoms with Crippen molar-refractivity contribution in [3.8, 4) is 0 Å². The van der Waals surface area contributed by atoms with Crippen molar-refractivity contribution < 1.29 is 19.3 Å². The lowest BCUT2D eigenvalue weighted by Crippen LogP contribution is -2.43. The molecule has 0 radical (unpaired) electrons. The normalized spacial score (nSPS) is 10.3. The molecule has 1 amide bonds. The topological polar surface area (TPSA) is 73.1 Å². The molecule has 0 atom stereocenters. The second kappa shape index (κ2) is 9.91. The number of rotatable bonds is 10. The first-order chi connectivity index (χ1) is 10.1. The Bertz CT molecular complexity index is 461. The van der Waals surface area contributed by atoms with Crippen LogP contribution in [0, 0.1) is 0 Å². The van der Waals surface area contributed by atoms with E-state index in [2.05, 4.69) is 12.2 Å². The molecule has 116 valence electrons. The van der Waals surface area contributed by atoms with Gasteiger partial charge in [-0.2, -0.15) is 4.57 Å². The van der Waals surface area contributed by atoms with Crippen molar-refractivity contribution in [1.29, 1.82) is 0 Å². The Hall–Kier alpha value is -1.91. The van der Waals surface area contributed by atoms with Gasteiger partial charge in [-0.1, -0.05) is 39.0 Å². The Kier molecular flexibility index (Phi) is 8.09. The van der Waals surface area contributed by atoms with Crippen molar-refractivity contribution in [1.82, 2.24) is 5.32 Å². The number of amides is 1. The number of unbranched alkanes of at least 4 members (excludes halogenated alkanes) is 5. The third-order valence-corrected chi connectivity index (χ3v) is 3.27. The van der Waals surface area contributed by atoms with Crippen LogP contribution in [0.4, 0.5) is 0 Å². The maximum absolute atomic E-state index is 11.7. The molecular formula is C16H24N2O3. The van der Waals surface area contributed by atoms with Gasteiger partial charge in [-0.25, -0.2) is 0 Å². The highest BCUT2D eigenvalue weighted by Gasteiger charge is 2.09. The van der Waals surface area contributed by atoms with Gasteiger partial charge in [0.15, 0.2) is 12.4 Å². The van der Waals surface area contributed by atoms with E-state index in [4.69, 9.17) is 0 Å². The average Bonchev–Trinajstić information content (AvgIpc) is 2.46. The molecule has 0 bridgehead atoms. The van der Waals surface area contributed by atoms with Crippen LogP contribution in [0.1, 0.15) is 55.8 Å². The van der Waals surface area contributed by atoms with E-state index in [1.165, 1.54) is 37.9 Å². The van der Waals surface area contributed by atoms with E-state index in [0.717, 1.165) is 12.8 Å². The number of aromatic nitrogens is 1. The van der Waals surface area contributed by atoms with E-state index < -0.39 is 5.97 Å². The van der Waals surface area contributed by atoms with Gasteiger partial charge in [-0.05, 0) is 12.5 Å². The lowest BCUT2D eigenvalue weighted by atomic mass is 10.1. The second-order valence-corrected chi connectivity index (χ2v) is 5.17. The van der Waals surface area contributed by atoms with Gasteiger partial charge in [0.05, 0.1) is 11.5 Å². The molecule has 0 saturated carbocycles. The first kappa shape index (κ1) is 17.1. The summed E-state index contributed by atoms with van der Waals surface area (Å²) in [7, 11) is 0. The minimum Gasteiger partial charge on any atom is -0.545 e. The summed E-state index contributed by atoms with van der Waals surface area (Å²) >= 11 is 0. The van der Waals surface area contributed by atoms with Gasteiger partial charge in [0.25, 0.3) is 5.91 Å². The van der Waals surface area contributed by atoms with E-state index in [9.17, 15) is 14.7 Å². The van der Waals surface area contributed by atoms with Gasteiger partial charge in [0.2, 0.25) is 6.54 Å². The van der Waals surface area contributed by atoms with Crippen LogP contribution in [0.15, 0.2) is 24.5 Å². The molecule has 5 nitrogen and oxygen atoms in total. The quantitative estimate of drug-likeness (QED) is 0.512. The molecule has 1 heterocycles. The SMILES string of the molecule is CCCCCCCCNC(=O)C[n+]1cccc(C(=O)[O-])c1. The van der Waals surface area contributed by atoms with Crippen LogP contribution in [0.2, 0.25) is 0 Å². The Balaban J connectivity index is 2.21. The fraction of sp³-hybridized carbons (Fsp3) is 0.562. The zero-order valence-corrected chi connectivity index (χ0v) is 12.6. The molecule has 0 aliphatic heterocycles. The van der Waals surface area contributed by atoms with Gasteiger partial charge in [-0.3, -0.25) is 4.79 Å². The first-order valence-corrected chi connectivity index (χ1v) is 7.60. The van der Waals surface area contributed by atoms with Gasteiger partial charge >= 0.3 is 0 Å². The lowest BCUT2D eigenvalue weighted by molar-refractivity contribution is -0.684. The zero-order chi connectivity index (χ0) is 15.5. The Morgan fingerprint density at radius 3 is 2.62 bits per heavy atom. The molecule has 21 heavy (non-hydrogen) atoms. The number of pyridine rings is 1. The molecule has 0 spiro atoms. The number of carbonyl (C=O) groups is 2. The number of hydrogen-bond donors (Lipinski definition) is 1. The summed E-state index contributed by atoms with van der Waals surface area (Å²) in [6.07, 6.45) is 10.2. The minimum atomic E-state index is -1.24. The lowest BCUT2D eigenvalue weighted by Gasteiger charge is -2.04. The van der Waals surface area contributed by atoms with E-state index in [-0.39, 0.29) is 18.0 Å². The van der Waals surface area contributed by atoms with Crippen LogP contribution in [0.5, 0.6) is 0 Å². The third kappa shape index (κ3) is 7.44. The highest BCUT2D eigenvalue weighted by molar-refractivity contribution is 5.84. The molecule has 0 unspecified atom stereocenters. The largest absolute Gasteiger partial charge is 0.545 e. The number of carboxylic acids is 1. The molecular weight excluding hydrogens is 268 g/mol. The fourth-order valence-corrected chi connectivity index (χ4v) is 2.10. The highest BCUT2D eigenvalue weighted by Crippen LogP contribution is 2.03. The Morgan fingerprint density at radius 2 is 1.90 bits per heavy atom. The summed E-state index contributed by atoms with van der Waals surface area (Å²) < 4.78 is 1.54. The molecule has 0 aromatic carbocycles. The Labute approximate surface area is 126 Å². The zero-order valence-electron chi connectivity index (χ0n) is 12.6. The van der Waals surface area contributed by atoms with Crippen LogP contribution in [0.3, 0.4) is 0 Å². The van der Waals surface area contributed by atoms with Crippen LogP contribution < -0.4 is 15.0 Å². The minimum absolute atomic E-state index is 0.0706. The molecule has 0 aliphatic carbocycles. The number of nitrogens with zero attached hydrogens (tertiary/aromatic N) is 1. The summed E-state index contributed by atoms with van der Waals surface area (Å²) in [5.74, 6) is -1.35. The molecule has 1 aromatic heterocycles.